The fraction of sp³-hybridized carbons (Fsp3) is 0.360. The Morgan fingerprint density at radius 3 is 2.52 bits per heavy atom. The van der Waals surface area contributed by atoms with Gasteiger partial charge in [-0.15, -0.1) is 0 Å². The summed E-state index contributed by atoms with van der Waals surface area (Å²) in [5, 5.41) is 6.75. The number of hydrogen-bond donors (Lipinski definition) is 2. The molecule has 0 fully saturated rings. The summed E-state index contributed by atoms with van der Waals surface area (Å²) in [7, 11) is 1.77. The minimum Gasteiger partial charge on any atom is -0.488 e. The van der Waals surface area contributed by atoms with Gasteiger partial charge in [0.25, 0.3) is 0 Å². The second-order valence-electron chi connectivity index (χ2n) is 8.56. The van der Waals surface area contributed by atoms with Crippen molar-refractivity contribution in [3.8, 4) is 5.75 Å². The monoisotopic (exact) mass is 419 g/mol. The van der Waals surface area contributed by atoms with E-state index in [1.54, 1.807) is 7.05 Å². The number of aromatic nitrogens is 2. The summed E-state index contributed by atoms with van der Waals surface area (Å²) < 4.78 is 8.30. The van der Waals surface area contributed by atoms with E-state index < -0.39 is 0 Å². The third kappa shape index (κ3) is 6.88. The zero-order chi connectivity index (χ0) is 22.3. The second kappa shape index (κ2) is 10.2. The van der Waals surface area contributed by atoms with Gasteiger partial charge in [-0.25, -0.2) is 4.98 Å². The summed E-state index contributed by atoms with van der Waals surface area (Å²) in [6.07, 6.45) is 3.83. The quantitative estimate of drug-likeness (QED) is 0.443. The first-order valence-electron chi connectivity index (χ1n) is 10.6. The van der Waals surface area contributed by atoms with Crippen LogP contribution in [-0.4, -0.2) is 28.2 Å². The van der Waals surface area contributed by atoms with Gasteiger partial charge in [-0.2, -0.15) is 0 Å². The molecule has 3 rings (SSSR count). The number of imidazole rings is 1. The van der Waals surface area contributed by atoms with Crippen LogP contribution in [0.5, 0.6) is 5.75 Å². The average molecular weight is 420 g/mol. The molecule has 1 aromatic heterocycles. The highest BCUT2D eigenvalue weighted by atomic mass is 16.5. The van der Waals surface area contributed by atoms with E-state index in [-0.39, 0.29) is 5.60 Å². The van der Waals surface area contributed by atoms with Crippen LogP contribution in [0.25, 0.3) is 0 Å². The third-order valence-electron chi connectivity index (χ3n) is 4.72. The fourth-order valence-corrected chi connectivity index (χ4v) is 3.23. The highest BCUT2D eigenvalue weighted by molar-refractivity contribution is 5.79. The van der Waals surface area contributed by atoms with E-state index in [1.807, 2.05) is 18.5 Å². The smallest absolute Gasteiger partial charge is 0.191 e. The SMILES string of the molecule is CN=C(NCc1ccc(C)cc1OC(C)(C)C)NCc1nccn1Cc1ccccc1. The number of guanidine groups is 1. The minimum atomic E-state index is -0.252. The van der Waals surface area contributed by atoms with Gasteiger partial charge in [0.2, 0.25) is 0 Å². The fourth-order valence-electron chi connectivity index (χ4n) is 3.23. The lowest BCUT2D eigenvalue weighted by molar-refractivity contribution is 0.129. The maximum Gasteiger partial charge on any atom is 0.191 e. The highest BCUT2D eigenvalue weighted by Crippen LogP contribution is 2.24. The number of nitrogens with one attached hydrogen (secondary N) is 2. The Morgan fingerprint density at radius 2 is 1.81 bits per heavy atom. The molecule has 0 atom stereocenters. The van der Waals surface area contributed by atoms with E-state index in [0.717, 1.165) is 29.6 Å². The number of rotatable bonds is 7. The molecule has 164 valence electrons. The van der Waals surface area contributed by atoms with Crippen molar-refractivity contribution in [3.63, 3.8) is 0 Å². The Morgan fingerprint density at radius 1 is 1.06 bits per heavy atom. The van der Waals surface area contributed by atoms with Crippen molar-refractivity contribution < 1.29 is 4.74 Å². The first-order chi connectivity index (χ1) is 14.8. The van der Waals surface area contributed by atoms with Crippen LogP contribution in [0, 0.1) is 6.92 Å². The zero-order valence-corrected chi connectivity index (χ0v) is 19.1. The highest BCUT2D eigenvalue weighted by Gasteiger charge is 2.15. The molecule has 0 aliphatic carbocycles. The van der Waals surface area contributed by atoms with E-state index in [9.17, 15) is 0 Å². The largest absolute Gasteiger partial charge is 0.488 e. The van der Waals surface area contributed by atoms with Crippen LogP contribution in [0.1, 0.15) is 43.3 Å². The van der Waals surface area contributed by atoms with E-state index >= 15 is 0 Å². The van der Waals surface area contributed by atoms with Crippen LogP contribution in [0.4, 0.5) is 0 Å². The van der Waals surface area contributed by atoms with Crippen molar-refractivity contribution in [1.29, 1.82) is 0 Å². The number of hydrogen-bond acceptors (Lipinski definition) is 3. The molecule has 3 aromatic rings. The molecule has 0 aliphatic heterocycles. The standard InChI is InChI=1S/C25H33N5O/c1-19-11-12-21(22(15-19)31-25(2,3)4)16-28-24(26-5)29-17-23-27-13-14-30(23)18-20-9-7-6-8-10-20/h6-15H,16-18H2,1-5H3,(H2,26,28,29). The summed E-state index contributed by atoms with van der Waals surface area (Å²) in [4.78, 5) is 8.85. The van der Waals surface area contributed by atoms with Crippen molar-refractivity contribution in [3.05, 3.63) is 83.4 Å². The van der Waals surface area contributed by atoms with E-state index in [1.165, 1.54) is 11.1 Å². The molecular weight excluding hydrogens is 386 g/mol. The summed E-state index contributed by atoms with van der Waals surface area (Å²) in [5.74, 6) is 2.57. The summed E-state index contributed by atoms with van der Waals surface area (Å²) in [5.41, 5.74) is 3.26. The van der Waals surface area contributed by atoms with Gasteiger partial charge < -0.3 is 19.9 Å². The predicted molar refractivity (Wildman–Crippen MR) is 126 cm³/mol. The zero-order valence-electron chi connectivity index (χ0n) is 19.1. The lowest BCUT2D eigenvalue weighted by Gasteiger charge is -2.24. The van der Waals surface area contributed by atoms with Gasteiger partial charge in [0, 0.05) is 38.1 Å². The molecule has 0 spiro atoms. The lowest BCUT2D eigenvalue weighted by atomic mass is 10.1. The molecule has 0 radical (unpaired) electrons. The number of aliphatic imine (C=N–C) groups is 1. The number of benzene rings is 2. The summed E-state index contributed by atoms with van der Waals surface area (Å²) in [6, 6.07) is 16.7. The van der Waals surface area contributed by atoms with Crippen molar-refractivity contribution in [2.24, 2.45) is 4.99 Å². The van der Waals surface area contributed by atoms with E-state index in [0.29, 0.717) is 13.1 Å². The van der Waals surface area contributed by atoms with Gasteiger partial charge in [0.15, 0.2) is 5.96 Å². The first kappa shape index (κ1) is 22.4. The molecule has 6 nitrogen and oxygen atoms in total. The Labute approximate surface area is 185 Å². The van der Waals surface area contributed by atoms with Crippen LogP contribution in [0.15, 0.2) is 65.9 Å². The van der Waals surface area contributed by atoms with Crippen LogP contribution in [-0.2, 0) is 19.6 Å². The minimum absolute atomic E-state index is 0.252. The van der Waals surface area contributed by atoms with Gasteiger partial charge in [-0.1, -0.05) is 42.5 Å². The summed E-state index contributed by atoms with van der Waals surface area (Å²) >= 11 is 0. The number of ether oxygens (including phenoxy) is 1. The number of aryl methyl sites for hydroxylation is 1. The summed E-state index contributed by atoms with van der Waals surface area (Å²) in [6.45, 7) is 10.2. The van der Waals surface area contributed by atoms with Crippen LogP contribution in [0.3, 0.4) is 0 Å². The first-order valence-corrected chi connectivity index (χ1v) is 10.6. The molecule has 6 heteroatoms. The van der Waals surface area contributed by atoms with Crippen LogP contribution >= 0.6 is 0 Å². The van der Waals surface area contributed by atoms with E-state index in [2.05, 4.69) is 95.3 Å². The topological polar surface area (TPSA) is 63.5 Å². The molecule has 1 heterocycles. The maximum absolute atomic E-state index is 6.16. The Kier molecular flexibility index (Phi) is 7.34. The molecule has 0 saturated carbocycles. The molecule has 31 heavy (non-hydrogen) atoms. The van der Waals surface area contributed by atoms with Crippen molar-refractivity contribution in [2.45, 2.75) is 52.9 Å². The van der Waals surface area contributed by atoms with Crippen LogP contribution < -0.4 is 15.4 Å². The normalized spacial score (nSPS) is 12.0. The second-order valence-corrected chi connectivity index (χ2v) is 8.56. The van der Waals surface area contributed by atoms with Gasteiger partial charge in [-0.05, 0) is 44.9 Å². The molecular formula is C25H33N5O. The third-order valence-corrected chi connectivity index (χ3v) is 4.72. The van der Waals surface area contributed by atoms with Crippen molar-refractivity contribution in [2.75, 3.05) is 7.05 Å². The molecule has 0 amide bonds. The van der Waals surface area contributed by atoms with Crippen molar-refractivity contribution in [1.82, 2.24) is 20.2 Å². The molecule has 0 bridgehead atoms. The average Bonchev–Trinajstić information content (AvgIpc) is 3.16. The van der Waals surface area contributed by atoms with Gasteiger partial charge in [0.05, 0.1) is 6.54 Å². The van der Waals surface area contributed by atoms with Gasteiger partial charge in [0.1, 0.15) is 17.2 Å². The molecule has 0 aliphatic rings. The molecule has 2 aromatic carbocycles. The van der Waals surface area contributed by atoms with E-state index in [4.69, 9.17) is 4.74 Å². The Hall–Kier alpha value is -3.28. The Balaban J connectivity index is 1.60. The van der Waals surface area contributed by atoms with Gasteiger partial charge in [-0.3, -0.25) is 4.99 Å². The molecule has 2 N–H and O–H groups in total. The Bertz CT molecular complexity index is 1000. The molecule has 0 saturated heterocycles. The predicted octanol–water partition coefficient (Wildman–Crippen LogP) is 4.28. The lowest BCUT2D eigenvalue weighted by Crippen LogP contribution is -2.37. The number of nitrogens with zero attached hydrogens (tertiary/aromatic N) is 3. The van der Waals surface area contributed by atoms with Gasteiger partial charge >= 0.3 is 0 Å². The molecule has 0 unspecified atom stereocenters. The van der Waals surface area contributed by atoms with Crippen LogP contribution in [0.2, 0.25) is 0 Å². The van der Waals surface area contributed by atoms with Crippen molar-refractivity contribution >= 4 is 5.96 Å². The maximum atomic E-state index is 6.16.